The zero-order chi connectivity index (χ0) is 13.7. The van der Waals surface area contributed by atoms with Gasteiger partial charge in [-0.15, -0.1) is 0 Å². The highest BCUT2D eigenvalue weighted by atomic mass is 79.9. The van der Waals surface area contributed by atoms with E-state index in [2.05, 4.69) is 37.2 Å². The van der Waals surface area contributed by atoms with Crippen molar-refractivity contribution >= 4 is 37.5 Å². The second-order valence-corrected chi connectivity index (χ2v) is 5.63. The zero-order valence-electron chi connectivity index (χ0n) is 10.00. The highest BCUT2D eigenvalue weighted by Gasteiger charge is 2.00. The third-order valence-corrected chi connectivity index (χ3v) is 3.55. The zero-order valence-corrected chi connectivity index (χ0v) is 13.2. The molecule has 0 saturated heterocycles. The van der Waals surface area contributed by atoms with Crippen LogP contribution in [0.5, 0.6) is 5.75 Å². The van der Waals surface area contributed by atoms with E-state index >= 15 is 0 Å². The molecule has 5 heteroatoms. The molecule has 0 aliphatic carbocycles. The van der Waals surface area contributed by atoms with Gasteiger partial charge in [0.1, 0.15) is 18.2 Å². The van der Waals surface area contributed by atoms with Gasteiger partial charge in [-0.05, 0) is 52.3 Å². The van der Waals surface area contributed by atoms with E-state index in [0.29, 0.717) is 17.6 Å². The topological polar surface area (TPSA) is 21.3 Å². The van der Waals surface area contributed by atoms with Crippen molar-refractivity contribution in [1.29, 1.82) is 0 Å². The minimum atomic E-state index is -0.280. The summed E-state index contributed by atoms with van der Waals surface area (Å²) in [6.07, 6.45) is 0. The molecule has 2 rings (SSSR count). The third kappa shape index (κ3) is 4.51. The van der Waals surface area contributed by atoms with E-state index in [1.165, 1.54) is 6.07 Å². The summed E-state index contributed by atoms with van der Waals surface area (Å²) in [5.74, 6) is 0.524. The predicted molar refractivity (Wildman–Crippen MR) is 82.2 cm³/mol. The van der Waals surface area contributed by atoms with Crippen molar-refractivity contribution in [3.8, 4) is 5.75 Å². The molecule has 0 aromatic heterocycles. The fourth-order valence-electron chi connectivity index (χ4n) is 1.53. The van der Waals surface area contributed by atoms with Gasteiger partial charge in [-0.25, -0.2) is 4.39 Å². The summed E-state index contributed by atoms with van der Waals surface area (Å²) >= 11 is 6.50. The lowest BCUT2D eigenvalue weighted by Gasteiger charge is -2.09. The Morgan fingerprint density at radius 3 is 2.68 bits per heavy atom. The highest BCUT2D eigenvalue weighted by Crippen LogP contribution is 2.19. The van der Waals surface area contributed by atoms with Crippen LogP contribution in [0, 0.1) is 5.82 Å². The van der Waals surface area contributed by atoms with E-state index in [0.717, 1.165) is 15.9 Å². The molecule has 2 nitrogen and oxygen atoms in total. The lowest BCUT2D eigenvalue weighted by atomic mass is 10.3. The number of hydrogen-bond donors (Lipinski definition) is 1. The van der Waals surface area contributed by atoms with Gasteiger partial charge in [0.15, 0.2) is 0 Å². The van der Waals surface area contributed by atoms with Gasteiger partial charge < -0.3 is 10.1 Å². The van der Waals surface area contributed by atoms with Crippen LogP contribution in [-0.4, -0.2) is 13.2 Å². The van der Waals surface area contributed by atoms with Gasteiger partial charge in [-0.1, -0.05) is 22.0 Å². The highest BCUT2D eigenvalue weighted by molar-refractivity contribution is 9.10. The van der Waals surface area contributed by atoms with Crippen molar-refractivity contribution in [1.82, 2.24) is 0 Å². The molecule has 0 spiro atoms. The minimum absolute atomic E-state index is 0.280. The Bertz CT molecular complexity index is 563. The number of hydrogen-bond acceptors (Lipinski definition) is 2. The van der Waals surface area contributed by atoms with Gasteiger partial charge in [0.25, 0.3) is 0 Å². The van der Waals surface area contributed by atoms with Crippen molar-refractivity contribution in [3.63, 3.8) is 0 Å². The van der Waals surface area contributed by atoms with Crippen LogP contribution in [0.25, 0.3) is 0 Å². The maximum absolute atomic E-state index is 13.3. The predicted octanol–water partition coefficient (Wildman–Crippen LogP) is 4.84. The Morgan fingerprint density at radius 2 is 1.95 bits per heavy atom. The summed E-state index contributed by atoms with van der Waals surface area (Å²) in [4.78, 5) is 0. The summed E-state index contributed by atoms with van der Waals surface area (Å²) in [6, 6.07) is 12.6. The van der Waals surface area contributed by atoms with Gasteiger partial charge in [0, 0.05) is 16.7 Å². The van der Waals surface area contributed by atoms with Gasteiger partial charge in [0.2, 0.25) is 0 Å². The summed E-state index contributed by atoms with van der Waals surface area (Å²) in [7, 11) is 0. The Balaban J connectivity index is 1.79. The molecule has 0 amide bonds. The number of nitrogens with one attached hydrogen (secondary N) is 1. The Morgan fingerprint density at radius 1 is 1.11 bits per heavy atom. The van der Waals surface area contributed by atoms with E-state index in [1.54, 1.807) is 6.07 Å². The first-order chi connectivity index (χ1) is 9.15. The van der Waals surface area contributed by atoms with Crippen LogP contribution in [0.2, 0.25) is 0 Å². The number of rotatable bonds is 5. The molecule has 0 bridgehead atoms. The second-order valence-electron chi connectivity index (χ2n) is 3.86. The summed E-state index contributed by atoms with van der Waals surface area (Å²) in [5.41, 5.74) is 0.735. The van der Waals surface area contributed by atoms with Crippen LogP contribution >= 0.6 is 31.9 Å². The van der Waals surface area contributed by atoms with Gasteiger partial charge in [-0.3, -0.25) is 0 Å². The quantitative estimate of drug-likeness (QED) is 0.740. The van der Waals surface area contributed by atoms with Gasteiger partial charge >= 0.3 is 0 Å². The lowest BCUT2D eigenvalue weighted by molar-refractivity contribution is 0.332. The number of benzene rings is 2. The van der Waals surface area contributed by atoms with E-state index in [-0.39, 0.29) is 5.82 Å². The molecule has 0 unspecified atom stereocenters. The van der Waals surface area contributed by atoms with Crippen LogP contribution < -0.4 is 10.1 Å². The average molecular weight is 389 g/mol. The van der Waals surface area contributed by atoms with Crippen LogP contribution in [0.1, 0.15) is 0 Å². The SMILES string of the molecule is Fc1cc(NCCOc2cccc(Br)c2)ccc1Br. The van der Waals surface area contributed by atoms with E-state index < -0.39 is 0 Å². The van der Waals surface area contributed by atoms with Gasteiger partial charge in [0.05, 0.1) is 4.47 Å². The van der Waals surface area contributed by atoms with E-state index in [1.807, 2.05) is 30.3 Å². The largest absolute Gasteiger partial charge is 0.492 e. The molecule has 0 aliphatic rings. The fourth-order valence-corrected chi connectivity index (χ4v) is 2.15. The molecule has 0 atom stereocenters. The smallest absolute Gasteiger partial charge is 0.139 e. The molecule has 0 aliphatic heterocycles. The first kappa shape index (κ1) is 14.3. The Hall–Kier alpha value is -1.07. The van der Waals surface area contributed by atoms with Crippen LogP contribution in [-0.2, 0) is 0 Å². The van der Waals surface area contributed by atoms with Crippen molar-refractivity contribution in [3.05, 3.63) is 57.2 Å². The van der Waals surface area contributed by atoms with Crippen molar-refractivity contribution in [2.75, 3.05) is 18.5 Å². The standard InChI is InChI=1S/C14H12Br2FNO/c15-10-2-1-3-12(8-10)19-7-6-18-11-4-5-13(16)14(17)9-11/h1-5,8-9,18H,6-7H2. The van der Waals surface area contributed by atoms with Crippen LogP contribution in [0.3, 0.4) is 0 Å². The van der Waals surface area contributed by atoms with E-state index in [9.17, 15) is 4.39 Å². The number of anilines is 1. The molecule has 100 valence electrons. The Labute approximate surface area is 128 Å². The Kier molecular flexibility index (Phi) is 5.22. The minimum Gasteiger partial charge on any atom is -0.492 e. The first-order valence-corrected chi connectivity index (χ1v) is 7.31. The van der Waals surface area contributed by atoms with Crippen LogP contribution in [0.4, 0.5) is 10.1 Å². The molecular formula is C14H12Br2FNO. The van der Waals surface area contributed by atoms with Crippen molar-refractivity contribution in [2.45, 2.75) is 0 Å². The molecule has 2 aromatic carbocycles. The number of halogens is 3. The molecule has 0 fully saturated rings. The first-order valence-electron chi connectivity index (χ1n) is 5.72. The summed E-state index contributed by atoms with van der Waals surface area (Å²) < 4.78 is 20.3. The second kappa shape index (κ2) is 6.91. The molecule has 0 saturated carbocycles. The molecule has 0 radical (unpaired) electrons. The number of ether oxygens (including phenoxy) is 1. The third-order valence-electron chi connectivity index (χ3n) is 2.42. The van der Waals surface area contributed by atoms with Crippen molar-refractivity contribution < 1.29 is 9.13 Å². The average Bonchev–Trinajstić information content (AvgIpc) is 2.39. The van der Waals surface area contributed by atoms with Crippen LogP contribution in [0.15, 0.2) is 51.4 Å². The molecule has 1 N–H and O–H groups in total. The summed E-state index contributed by atoms with van der Waals surface area (Å²) in [5, 5.41) is 3.10. The molecule has 0 heterocycles. The van der Waals surface area contributed by atoms with Gasteiger partial charge in [-0.2, -0.15) is 0 Å². The van der Waals surface area contributed by atoms with Crippen molar-refractivity contribution in [2.24, 2.45) is 0 Å². The maximum Gasteiger partial charge on any atom is 0.139 e. The van der Waals surface area contributed by atoms with E-state index in [4.69, 9.17) is 4.74 Å². The monoisotopic (exact) mass is 387 g/mol. The fraction of sp³-hybridized carbons (Fsp3) is 0.143. The maximum atomic E-state index is 13.3. The molecule has 2 aromatic rings. The molecular weight excluding hydrogens is 377 g/mol. The lowest BCUT2D eigenvalue weighted by Crippen LogP contribution is -2.11. The normalized spacial score (nSPS) is 10.3. The molecule has 19 heavy (non-hydrogen) atoms. The summed E-state index contributed by atoms with van der Waals surface area (Å²) in [6.45, 7) is 1.11.